The predicted molar refractivity (Wildman–Crippen MR) is 124 cm³/mol. The number of hydrogen-bond donors (Lipinski definition) is 1. The first-order chi connectivity index (χ1) is 15.3. The molecule has 0 aromatic rings. The minimum atomic E-state index is -0.431. The van der Waals surface area contributed by atoms with E-state index in [-0.39, 0.29) is 18.6 Å². The third-order valence-electron chi connectivity index (χ3n) is 6.49. The Morgan fingerprint density at radius 1 is 0.875 bits per heavy atom. The Kier molecular flexibility index (Phi) is 9.58. The molecule has 0 aromatic heterocycles. The van der Waals surface area contributed by atoms with Gasteiger partial charge in [0.2, 0.25) is 5.91 Å². The first kappa shape index (κ1) is 25.2. The fourth-order valence-corrected chi connectivity index (χ4v) is 4.54. The highest BCUT2D eigenvalue weighted by atomic mass is 16.6. The molecule has 3 rings (SSSR count). The van der Waals surface area contributed by atoms with Crippen molar-refractivity contribution in [3.63, 3.8) is 0 Å². The maximum absolute atomic E-state index is 12.2. The van der Waals surface area contributed by atoms with Crippen molar-refractivity contribution in [2.75, 3.05) is 91.8 Å². The van der Waals surface area contributed by atoms with Crippen LogP contribution in [-0.2, 0) is 14.3 Å². The molecule has 0 atom stereocenters. The summed E-state index contributed by atoms with van der Waals surface area (Å²) in [6, 6.07) is 0. The van der Waals surface area contributed by atoms with Gasteiger partial charge in [0.25, 0.3) is 0 Å². The van der Waals surface area contributed by atoms with Crippen LogP contribution in [0.1, 0.15) is 33.6 Å². The molecule has 3 saturated heterocycles. The van der Waals surface area contributed by atoms with Gasteiger partial charge in [-0.25, -0.2) is 4.79 Å². The number of piperazine rings is 2. The SMILES string of the molecule is CC(C)(C)OC(=O)N1CCC(CN2CCN(CCOCC(=O)N3CCNCC3)CC2)CC1. The molecule has 0 spiro atoms. The van der Waals surface area contributed by atoms with Crippen molar-refractivity contribution < 1.29 is 19.1 Å². The van der Waals surface area contributed by atoms with E-state index in [1.807, 2.05) is 30.6 Å². The Balaban J connectivity index is 1.23. The summed E-state index contributed by atoms with van der Waals surface area (Å²) in [6.45, 7) is 17.7. The van der Waals surface area contributed by atoms with Crippen LogP contribution >= 0.6 is 0 Å². The summed E-state index contributed by atoms with van der Waals surface area (Å²) < 4.78 is 11.1. The van der Waals surface area contributed by atoms with E-state index < -0.39 is 5.60 Å². The second kappa shape index (κ2) is 12.2. The Morgan fingerprint density at radius 3 is 2.12 bits per heavy atom. The van der Waals surface area contributed by atoms with Crippen LogP contribution in [0.2, 0.25) is 0 Å². The van der Waals surface area contributed by atoms with Crippen LogP contribution in [0.5, 0.6) is 0 Å². The number of ether oxygens (including phenoxy) is 2. The van der Waals surface area contributed by atoms with Crippen molar-refractivity contribution >= 4 is 12.0 Å². The number of piperidine rings is 1. The average Bonchev–Trinajstić information content (AvgIpc) is 2.77. The van der Waals surface area contributed by atoms with Crippen LogP contribution in [0.15, 0.2) is 0 Å². The minimum absolute atomic E-state index is 0.106. The zero-order chi connectivity index (χ0) is 23.0. The van der Waals surface area contributed by atoms with Crippen LogP contribution in [-0.4, -0.2) is 129 Å². The zero-order valence-corrected chi connectivity index (χ0v) is 20.3. The van der Waals surface area contributed by atoms with Crippen LogP contribution < -0.4 is 5.32 Å². The Labute approximate surface area is 193 Å². The molecule has 1 N–H and O–H groups in total. The molecule has 9 heteroatoms. The van der Waals surface area contributed by atoms with E-state index in [1.165, 1.54) is 0 Å². The number of rotatable bonds is 7. The smallest absolute Gasteiger partial charge is 0.410 e. The highest BCUT2D eigenvalue weighted by molar-refractivity contribution is 5.77. The molecule has 32 heavy (non-hydrogen) atoms. The van der Waals surface area contributed by atoms with Gasteiger partial charge in [-0.15, -0.1) is 0 Å². The topological polar surface area (TPSA) is 77.6 Å². The Hall–Kier alpha value is -1.42. The maximum atomic E-state index is 12.2. The van der Waals surface area contributed by atoms with Crippen molar-refractivity contribution in [3.05, 3.63) is 0 Å². The largest absolute Gasteiger partial charge is 0.444 e. The van der Waals surface area contributed by atoms with Gasteiger partial charge in [0.15, 0.2) is 0 Å². The van der Waals surface area contributed by atoms with E-state index in [2.05, 4.69) is 15.1 Å². The van der Waals surface area contributed by atoms with Crippen LogP contribution in [0.4, 0.5) is 4.79 Å². The van der Waals surface area contributed by atoms with E-state index >= 15 is 0 Å². The minimum Gasteiger partial charge on any atom is -0.444 e. The summed E-state index contributed by atoms with van der Waals surface area (Å²) in [4.78, 5) is 33.1. The average molecular weight is 454 g/mol. The number of amides is 2. The van der Waals surface area contributed by atoms with Gasteiger partial charge in [-0.1, -0.05) is 0 Å². The molecular formula is C23H43N5O4. The number of nitrogens with one attached hydrogen (secondary N) is 1. The summed E-state index contributed by atoms with van der Waals surface area (Å²) in [5.41, 5.74) is -0.431. The van der Waals surface area contributed by atoms with Gasteiger partial charge in [0.05, 0.1) is 6.61 Å². The molecule has 2 amide bonds. The van der Waals surface area contributed by atoms with Crippen molar-refractivity contribution in [1.82, 2.24) is 24.9 Å². The summed E-state index contributed by atoms with van der Waals surface area (Å²) in [5.74, 6) is 0.758. The highest BCUT2D eigenvalue weighted by Crippen LogP contribution is 2.21. The molecule has 3 fully saturated rings. The van der Waals surface area contributed by atoms with E-state index in [4.69, 9.17) is 9.47 Å². The second-order valence-electron chi connectivity index (χ2n) is 10.2. The normalized spacial score (nSPS) is 22.2. The quantitative estimate of drug-likeness (QED) is 0.569. The third-order valence-corrected chi connectivity index (χ3v) is 6.49. The molecule has 3 aliphatic heterocycles. The predicted octanol–water partition coefficient (Wildman–Crippen LogP) is 0.700. The lowest BCUT2D eigenvalue weighted by molar-refractivity contribution is -0.136. The lowest BCUT2D eigenvalue weighted by Crippen LogP contribution is -2.50. The molecule has 0 aliphatic carbocycles. The molecule has 0 bridgehead atoms. The van der Waals surface area contributed by atoms with Crippen molar-refractivity contribution in [2.24, 2.45) is 5.92 Å². The Morgan fingerprint density at radius 2 is 1.50 bits per heavy atom. The zero-order valence-electron chi connectivity index (χ0n) is 20.3. The van der Waals surface area contributed by atoms with Gasteiger partial charge in [-0.3, -0.25) is 9.69 Å². The van der Waals surface area contributed by atoms with Crippen molar-refractivity contribution in [3.8, 4) is 0 Å². The van der Waals surface area contributed by atoms with E-state index in [9.17, 15) is 9.59 Å². The van der Waals surface area contributed by atoms with Gasteiger partial charge >= 0.3 is 6.09 Å². The Bertz CT molecular complexity index is 590. The number of carbonyl (C=O) groups excluding carboxylic acids is 2. The van der Waals surface area contributed by atoms with E-state index in [0.29, 0.717) is 12.5 Å². The van der Waals surface area contributed by atoms with Gasteiger partial charge < -0.3 is 29.5 Å². The third kappa shape index (κ3) is 8.50. The van der Waals surface area contributed by atoms with Gasteiger partial charge in [-0.2, -0.15) is 0 Å². The number of likely N-dealkylation sites (tertiary alicyclic amines) is 1. The van der Waals surface area contributed by atoms with Gasteiger partial charge in [-0.05, 0) is 39.5 Å². The van der Waals surface area contributed by atoms with E-state index in [1.54, 1.807) is 0 Å². The van der Waals surface area contributed by atoms with Crippen LogP contribution in [0.3, 0.4) is 0 Å². The molecule has 0 saturated carbocycles. The molecule has 3 aliphatic rings. The molecule has 0 radical (unpaired) electrons. The summed E-state index contributed by atoms with van der Waals surface area (Å²) in [7, 11) is 0. The standard InChI is InChI=1S/C23H43N5O4/c1-23(2,3)32-22(30)28-8-4-20(5-9-28)18-26-14-12-25(13-15-26)16-17-31-19-21(29)27-10-6-24-7-11-27/h20,24H,4-19H2,1-3H3. The second-order valence-corrected chi connectivity index (χ2v) is 10.2. The molecule has 184 valence electrons. The molecule has 3 heterocycles. The number of carbonyl (C=O) groups is 2. The molecular weight excluding hydrogens is 410 g/mol. The highest BCUT2D eigenvalue weighted by Gasteiger charge is 2.28. The lowest BCUT2D eigenvalue weighted by atomic mass is 9.96. The molecule has 0 aromatic carbocycles. The van der Waals surface area contributed by atoms with Crippen molar-refractivity contribution in [1.29, 1.82) is 0 Å². The number of hydrogen-bond acceptors (Lipinski definition) is 7. The maximum Gasteiger partial charge on any atom is 0.410 e. The van der Waals surface area contributed by atoms with Crippen LogP contribution in [0, 0.1) is 5.92 Å². The lowest BCUT2D eigenvalue weighted by Gasteiger charge is -2.39. The fourth-order valence-electron chi connectivity index (χ4n) is 4.54. The van der Waals surface area contributed by atoms with Crippen molar-refractivity contribution in [2.45, 2.75) is 39.2 Å². The van der Waals surface area contributed by atoms with E-state index in [0.717, 1.165) is 91.4 Å². The molecule has 0 unspecified atom stereocenters. The monoisotopic (exact) mass is 453 g/mol. The summed E-state index contributed by atoms with van der Waals surface area (Å²) in [6.07, 6.45) is 1.92. The first-order valence-corrected chi connectivity index (χ1v) is 12.3. The molecule has 9 nitrogen and oxygen atoms in total. The van der Waals surface area contributed by atoms with Crippen LogP contribution in [0.25, 0.3) is 0 Å². The fraction of sp³-hybridized carbons (Fsp3) is 0.913. The van der Waals surface area contributed by atoms with Gasteiger partial charge in [0.1, 0.15) is 12.2 Å². The summed E-state index contributed by atoms with van der Waals surface area (Å²) >= 11 is 0. The first-order valence-electron chi connectivity index (χ1n) is 12.3. The van der Waals surface area contributed by atoms with Gasteiger partial charge in [0, 0.05) is 78.5 Å². The number of nitrogens with zero attached hydrogens (tertiary/aromatic N) is 4. The summed E-state index contributed by atoms with van der Waals surface area (Å²) in [5, 5.41) is 3.26.